The number of amides is 2. The predicted molar refractivity (Wildman–Crippen MR) is 118 cm³/mol. The number of hydrogen-bond acceptors (Lipinski definition) is 5. The maximum absolute atomic E-state index is 14.1. The van der Waals surface area contributed by atoms with Crippen molar-refractivity contribution in [1.82, 2.24) is 20.3 Å². The van der Waals surface area contributed by atoms with Gasteiger partial charge in [-0.1, -0.05) is 18.5 Å². The fraction of sp³-hybridized carbons (Fsp3) is 0.542. The minimum atomic E-state index is -0.791. The van der Waals surface area contributed by atoms with Gasteiger partial charge in [-0.3, -0.25) is 14.5 Å². The fourth-order valence-corrected chi connectivity index (χ4v) is 5.15. The molecule has 4 rings (SSSR count). The second-order valence-corrected chi connectivity index (χ2v) is 9.38. The third-order valence-electron chi connectivity index (χ3n) is 6.94. The van der Waals surface area contributed by atoms with Crippen molar-refractivity contribution in [3.05, 3.63) is 41.7 Å². The van der Waals surface area contributed by atoms with Gasteiger partial charge in [-0.15, -0.1) is 0 Å². The zero-order valence-corrected chi connectivity index (χ0v) is 19.2. The van der Waals surface area contributed by atoms with Gasteiger partial charge >= 0.3 is 0 Å². The lowest BCUT2D eigenvalue weighted by Gasteiger charge is -2.42. The van der Waals surface area contributed by atoms with Crippen molar-refractivity contribution < 1.29 is 22.9 Å². The van der Waals surface area contributed by atoms with Crippen molar-refractivity contribution in [2.45, 2.75) is 44.7 Å². The topological polar surface area (TPSA) is 78.7 Å². The third kappa shape index (κ3) is 4.93. The van der Waals surface area contributed by atoms with E-state index in [-0.39, 0.29) is 34.9 Å². The van der Waals surface area contributed by atoms with Crippen LogP contribution in [-0.4, -0.2) is 66.0 Å². The van der Waals surface area contributed by atoms with Crippen molar-refractivity contribution in [1.29, 1.82) is 0 Å². The number of likely N-dealkylation sites (tertiary alicyclic amines) is 1. The first-order chi connectivity index (χ1) is 15.7. The van der Waals surface area contributed by atoms with Gasteiger partial charge in [0, 0.05) is 57.0 Å². The lowest BCUT2D eigenvalue weighted by atomic mass is 9.88. The van der Waals surface area contributed by atoms with Crippen LogP contribution in [0.4, 0.5) is 8.78 Å². The highest BCUT2D eigenvalue weighted by molar-refractivity contribution is 5.93. The summed E-state index contributed by atoms with van der Waals surface area (Å²) in [5, 5.41) is 6.70. The van der Waals surface area contributed by atoms with Crippen molar-refractivity contribution in [2.24, 2.45) is 11.8 Å². The molecule has 178 valence electrons. The van der Waals surface area contributed by atoms with Crippen molar-refractivity contribution in [2.75, 3.05) is 27.2 Å². The number of benzene rings is 1. The zero-order chi connectivity index (χ0) is 23.7. The van der Waals surface area contributed by atoms with Gasteiger partial charge in [-0.25, -0.2) is 8.78 Å². The number of carbonyl (C=O) groups excluding carboxylic acids is 2. The molecule has 2 fully saturated rings. The molecule has 4 unspecified atom stereocenters. The molecule has 1 saturated carbocycles. The molecule has 1 N–H and O–H groups in total. The lowest BCUT2D eigenvalue weighted by molar-refractivity contribution is -0.136. The Bertz CT molecular complexity index is 1020. The molecule has 9 heteroatoms. The Kier molecular flexibility index (Phi) is 6.78. The third-order valence-corrected chi connectivity index (χ3v) is 6.94. The summed E-state index contributed by atoms with van der Waals surface area (Å²) in [7, 11) is 3.44. The van der Waals surface area contributed by atoms with E-state index in [0.29, 0.717) is 24.9 Å². The summed E-state index contributed by atoms with van der Waals surface area (Å²) in [4.78, 5) is 29.8. The van der Waals surface area contributed by atoms with Crippen LogP contribution in [-0.2, 0) is 4.79 Å². The van der Waals surface area contributed by atoms with Gasteiger partial charge in [0.2, 0.25) is 11.7 Å². The van der Waals surface area contributed by atoms with Crippen LogP contribution in [0.2, 0.25) is 0 Å². The van der Waals surface area contributed by atoms with E-state index in [4.69, 9.17) is 4.52 Å². The van der Waals surface area contributed by atoms with Crippen LogP contribution in [0, 0.1) is 23.5 Å². The largest absolute Gasteiger partial charge is 0.350 e. The molecule has 2 amide bonds. The molecule has 33 heavy (non-hydrogen) atoms. The van der Waals surface area contributed by atoms with E-state index in [0.717, 1.165) is 25.1 Å². The van der Waals surface area contributed by atoms with E-state index in [2.05, 4.69) is 22.3 Å². The van der Waals surface area contributed by atoms with Crippen LogP contribution >= 0.6 is 0 Å². The van der Waals surface area contributed by atoms with Gasteiger partial charge in [-0.05, 0) is 37.3 Å². The number of aromatic nitrogens is 1. The molecule has 2 aromatic rings. The first-order valence-corrected chi connectivity index (χ1v) is 11.4. The lowest BCUT2D eigenvalue weighted by Crippen LogP contribution is -2.57. The van der Waals surface area contributed by atoms with Crippen LogP contribution in [0.1, 0.15) is 43.2 Å². The fourth-order valence-electron chi connectivity index (χ4n) is 5.15. The summed E-state index contributed by atoms with van der Waals surface area (Å²) in [5.41, 5.74) is 0.141. The number of carbonyl (C=O) groups is 2. The Balaban J connectivity index is 1.48. The number of nitrogens with zero attached hydrogens (tertiary/aromatic N) is 3. The molecule has 2 aliphatic rings. The molecule has 0 bridgehead atoms. The number of nitrogens with one attached hydrogen (secondary N) is 1. The van der Waals surface area contributed by atoms with Gasteiger partial charge in [0.25, 0.3) is 5.91 Å². The SMILES string of the molecule is CC1CCCC1N1CCC(NC(=O)c2cc(-c3ccc(F)cc3F)no2)C(C(=O)N(C)C)C1. The van der Waals surface area contributed by atoms with E-state index >= 15 is 0 Å². The van der Waals surface area contributed by atoms with Crippen molar-refractivity contribution in [3.63, 3.8) is 0 Å². The summed E-state index contributed by atoms with van der Waals surface area (Å²) in [5.74, 6) is -1.89. The zero-order valence-electron chi connectivity index (χ0n) is 19.2. The molecule has 1 aromatic heterocycles. The van der Waals surface area contributed by atoms with E-state index in [1.807, 2.05) is 0 Å². The summed E-state index contributed by atoms with van der Waals surface area (Å²) in [6.07, 6.45) is 4.20. The molecule has 2 heterocycles. The molecular formula is C24H30F2N4O3. The Morgan fingerprint density at radius 1 is 1.18 bits per heavy atom. The minimum absolute atomic E-state index is 0.0257. The van der Waals surface area contributed by atoms with E-state index < -0.39 is 17.5 Å². The summed E-state index contributed by atoms with van der Waals surface area (Å²) in [6, 6.07) is 4.56. The van der Waals surface area contributed by atoms with Crippen LogP contribution in [0.5, 0.6) is 0 Å². The van der Waals surface area contributed by atoms with Crippen LogP contribution < -0.4 is 5.32 Å². The van der Waals surface area contributed by atoms with Crippen LogP contribution in [0.15, 0.2) is 28.8 Å². The number of rotatable bonds is 5. The van der Waals surface area contributed by atoms with E-state index in [9.17, 15) is 18.4 Å². The number of piperidine rings is 1. The first-order valence-electron chi connectivity index (χ1n) is 11.4. The average molecular weight is 461 g/mol. The average Bonchev–Trinajstić information content (AvgIpc) is 3.43. The molecule has 1 saturated heterocycles. The Morgan fingerprint density at radius 2 is 1.97 bits per heavy atom. The van der Waals surface area contributed by atoms with Gasteiger partial charge in [0.1, 0.15) is 17.3 Å². The van der Waals surface area contributed by atoms with Crippen LogP contribution in [0.3, 0.4) is 0 Å². The Morgan fingerprint density at radius 3 is 2.64 bits per heavy atom. The second-order valence-electron chi connectivity index (χ2n) is 9.38. The van der Waals surface area contributed by atoms with Gasteiger partial charge in [0.05, 0.1) is 5.92 Å². The van der Waals surface area contributed by atoms with Gasteiger partial charge in [0.15, 0.2) is 0 Å². The van der Waals surface area contributed by atoms with E-state index in [1.54, 1.807) is 19.0 Å². The van der Waals surface area contributed by atoms with Crippen molar-refractivity contribution in [3.8, 4) is 11.3 Å². The van der Waals surface area contributed by atoms with Crippen molar-refractivity contribution >= 4 is 11.8 Å². The molecule has 4 atom stereocenters. The predicted octanol–water partition coefficient (Wildman–Crippen LogP) is 3.32. The highest BCUT2D eigenvalue weighted by Gasteiger charge is 2.40. The molecule has 1 aromatic carbocycles. The van der Waals surface area contributed by atoms with Crippen LogP contribution in [0.25, 0.3) is 11.3 Å². The Hall–Kier alpha value is -2.81. The monoisotopic (exact) mass is 460 g/mol. The van der Waals surface area contributed by atoms with Gasteiger partial charge < -0.3 is 14.7 Å². The molecule has 1 aliphatic carbocycles. The maximum atomic E-state index is 14.1. The smallest absolute Gasteiger partial charge is 0.290 e. The highest BCUT2D eigenvalue weighted by Crippen LogP contribution is 2.33. The quantitative estimate of drug-likeness (QED) is 0.741. The standard InChI is InChI=1S/C24H30F2N4O3/c1-14-5-4-6-21(14)30-10-9-19(17(13-30)24(32)29(2)3)27-23(31)22-12-20(28-33-22)16-8-7-15(25)11-18(16)26/h7-8,11-12,14,17,19,21H,4-6,9-10,13H2,1-3H3,(H,27,31). The molecule has 0 spiro atoms. The molecule has 7 nitrogen and oxygen atoms in total. The molecule has 1 aliphatic heterocycles. The normalized spacial score (nSPS) is 25.7. The molecule has 0 radical (unpaired) electrons. The maximum Gasteiger partial charge on any atom is 0.290 e. The van der Waals surface area contributed by atoms with E-state index in [1.165, 1.54) is 25.0 Å². The number of halogens is 2. The summed E-state index contributed by atoms with van der Waals surface area (Å²) >= 11 is 0. The summed E-state index contributed by atoms with van der Waals surface area (Å²) < 4.78 is 32.4. The van der Waals surface area contributed by atoms with Gasteiger partial charge in [-0.2, -0.15) is 0 Å². The first kappa shape index (κ1) is 23.4. The summed E-state index contributed by atoms with van der Waals surface area (Å²) in [6.45, 7) is 3.67. The second kappa shape index (κ2) is 9.59. The minimum Gasteiger partial charge on any atom is -0.350 e. The number of hydrogen-bond donors (Lipinski definition) is 1. The Labute approximate surface area is 192 Å². The highest BCUT2D eigenvalue weighted by atomic mass is 19.1. The molecular weight excluding hydrogens is 430 g/mol.